The van der Waals surface area contributed by atoms with Crippen LogP contribution in [0.2, 0.25) is 5.02 Å². The van der Waals surface area contributed by atoms with Gasteiger partial charge in [0.15, 0.2) is 0 Å². The van der Waals surface area contributed by atoms with Gasteiger partial charge in [-0.3, -0.25) is 14.9 Å². The number of carbonyl (C=O) groups is 2. The monoisotopic (exact) mass is 397 g/mol. The van der Waals surface area contributed by atoms with Gasteiger partial charge >= 0.3 is 6.03 Å². The molecule has 0 aromatic heterocycles. The third-order valence-electron chi connectivity index (χ3n) is 3.08. The first kappa shape index (κ1) is 19.3. The average molecular weight is 398 g/mol. The van der Waals surface area contributed by atoms with Crippen LogP contribution in [0.1, 0.15) is 10.4 Å². The minimum absolute atomic E-state index is 0.0776. The van der Waals surface area contributed by atoms with Crippen molar-refractivity contribution >= 4 is 39.1 Å². The number of ketones is 1. The maximum Gasteiger partial charge on any atom is 0.333 e. The van der Waals surface area contributed by atoms with E-state index in [1.54, 1.807) is 6.07 Å². The van der Waals surface area contributed by atoms with Gasteiger partial charge in [-0.15, -0.1) is 0 Å². The van der Waals surface area contributed by atoms with E-state index in [0.29, 0.717) is 0 Å². The predicted octanol–water partition coefficient (Wildman–Crippen LogP) is 2.31. The molecule has 0 aliphatic carbocycles. The molecule has 0 radical (unpaired) electrons. The van der Waals surface area contributed by atoms with Crippen molar-refractivity contribution in [1.29, 1.82) is 0 Å². The molecule has 0 fully saturated rings. The van der Waals surface area contributed by atoms with Gasteiger partial charge in [-0.25, -0.2) is 17.9 Å². The van der Waals surface area contributed by atoms with Crippen LogP contribution in [-0.4, -0.2) is 31.7 Å². The predicted molar refractivity (Wildman–Crippen MR) is 93.4 cm³/mol. The third kappa shape index (κ3) is 5.01. The lowest BCUT2D eigenvalue weighted by atomic mass is 10.1. The number of halogens is 1. The molecule has 2 aromatic carbocycles. The summed E-state index contributed by atoms with van der Waals surface area (Å²) in [6.45, 7) is -0.914. The molecule has 0 heterocycles. The Labute approximate surface area is 153 Å². The molecule has 0 saturated carbocycles. The van der Waals surface area contributed by atoms with Crippen molar-refractivity contribution in [3.8, 4) is 0 Å². The molecule has 11 heteroatoms. The van der Waals surface area contributed by atoms with Gasteiger partial charge in [0.2, 0.25) is 5.78 Å². The van der Waals surface area contributed by atoms with E-state index < -0.39 is 33.3 Å². The second-order valence-electron chi connectivity index (χ2n) is 4.98. The first-order chi connectivity index (χ1) is 12.2. The highest BCUT2D eigenvalue weighted by Gasteiger charge is 2.19. The standard InChI is InChI=1S/C15H12ClN3O6S/c16-13-8-10(6-7-12(13)14(20)9-19(22)23)17-15(21)18-26(24,25)11-4-2-1-3-5-11/h1-8H,9H2,(H2,17,18,21). The first-order valence-corrected chi connectivity index (χ1v) is 8.88. The Kier molecular flexibility index (Phi) is 5.90. The molecular formula is C15H12ClN3O6S. The van der Waals surface area contributed by atoms with Gasteiger partial charge in [-0.2, -0.15) is 0 Å². The summed E-state index contributed by atoms with van der Waals surface area (Å²) in [5.74, 6) is -0.789. The Morgan fingerprint density at radius 1 is 1.12 bits per heavy atom. The SMILES string of the molecule is O=C(Nc1ccc(C(=O)C[N+](=O)[O-])c(Cl)c1)NS(=O)(=O)c1ccccc1. The summed E-state index contributed by atoms with van der Waals surface area (Å²) in [6, 6.07) is 9.91. The van der Waals surface area contributed by atoms with Crippen LogP contribution in [0.5, 0.6) is 0 Å². The van der Waals surface area contributed by atoms with Crippen molar-refractivity contribution in [3.05, 3.63) is 69.2 Å². The second kappa shape index (κ2) is 7.93. The molecule has 0 spiro atoms. The topological polar surface area (TPSA) is 135 Å². The van der Waals surface area contributed by atoms with Crippen LogP contribution in [0, 0.1) is 10.1 Å². The summed E-state index contributed by atoms with van der Waals surface area (Å²) >= 11 is 5.89. The minimum Gasteiger partial charge on any atom is -0.307 e. The number of nitrogens with one attached hydrogen (secondary N) is 2. The van der Waals surface area contributed by atoms with Crippen LogP contribution in [-0.2, 0) is 10.0 Å². The summed E-state index contributed by atoms with van der Waals surface area (Å²) in [4.78, 5) is 33.0. The number of urea groups is 1. The Hall–Kier alpha value is -2.98. The van der Waals surface area contributed by atoms with Crippen molar-refractivity contribution in [2.24, 2.45) is 0 Å². The first-order valence-electron chi connectivity index (χ1n) is 7.02. The smallest absolute Gasteiger partial charge is 0.307 e. The molecule has 26 heavy (non-hydrogen) atoms. The zero-order chi connectivity index (χ0) is 19.3. The number of amides is 2. The number of Topliss-reactive ketones (excluding diaryl/α,β-unsaturated/α-hetero) is 1. The maximum atomic E-state index is 12.0. The summed E-state index contributed by atoms with van der Waals surface area (Å²) < 4.78 is 25.9. The molecule has 2 rings (SSSR count). The van der Waals surface area contributed by atoms with E-state index in [2.05, 4.69) is 5.32 Å². The number of rotatable bonds is 6. The molecule has 0 aliphatic heterocycles. The molecule has 9 nitrogen and oxygen atoms in total. The Morgan fingerprint density at radius 2 is 1.77 bits per heavy atom. The number of nitro groups is 1. The van der Waals surface area contributed by atoms with Crippen molar-refractivity contribution in [1.82, 2.24) is 4.72 Å². The fraction of sp³-hybridized carbons (Fsp3) is 0.0667. The van der Waals surface area contributed by atoms with Crippen LogP contribution >= 0.6 is 11.6 Å². The van der Waals surface area contributed by atoms with Crippen molar-refractivity contribution in [2.45, 2.75) is 4.90 Å². The van der Waals surface area contributed by atoms with Crippen LogP contribution in [0.15, 0.2) is 53.4 Å². The third-order valence-corrected chi connectivity index (χ3v) is 4.74. The number of hydrogen-bond donors (Lipinski definition) is 2. The van der Waals surface area contributed by atoms with Crippen LogP contribution in [0.4, 0.5) is 10.5 Å². The van der Waals surface area contributed by atoms with E-state index in [1.165, 1.54) is 42.5 Å². The van der Waals surface area contributed by atoms with E-state index in [0.717, 1.165) is 0 Å². The Morgan fingerprint density at radius 3 is 2.35 bits per heavy atom. The second-order valence-corrected chi connectivity index (χ2v) is 7.07. The average Bonchev–Trinajstić information content (AvgIpc) is 2.54. The normalized spacial score (nSPS) is 10.8. The molecule has 2 aromatic rings. The molecule has 0 unspecified atom stereocenters. The maximum absolute atomic E-state index is 12.0. The number of sulfonamides is 1. The lowest BCUT2D eigenvalue weighted by Crippen LogP contribution is -2.34. The highest BCUT2D eigenvalue weighted by Crippen LogP contribution is 2.21. The quantitative estimate of drug-likeness (QED) is 0.436. The largest absolute Gasteiger partial charge is 0.333 e. The van der Waals surface area contributed by atoms with Crippen LogP contribution in [0.3, 0.4) is 0 Å². The molecular weight excluding hydrogens is 386 g/mol. The van der Waals surface area contributed by atoms with Gasteiger partial charge in [0.1, 0.15) is 0 Å². The van der Waals surface area contributed by atoms with Crippen LogP contribution < -0.4 is 10.0 Å². The van der Waals surface area contributed by atoms with E-state index in [9.17, 15) is 28.1 Å². The number of benzene rings is 2. The molecule has 136 valence electrons. The zero-order valence-electron chi connectivity index (χ0n) is 13.0. The lowest BCUT2D eigenvalue weighted by Gasteiger charge is -2.09. The number of hydrogen-bond acceptors (Lipinski definition) is 6. The summed E-state index contributed by atoms with van der Waals surface area (Å²) in [5, 5.41) is 12.5. The van der Waals surface area contributed by atoms with Crippen molar-refractivity contribution in [3.63, 3.8) is 0 Å². The van der Waals surface area contributed by atoms with Gasteiger partial charge < -0.3 is 5.32 Å². The fourth-order valence-corrected chi connectivity index (χ4v) is 3.17. The zero-order valence-corrected chi connectivity index (χ0v) is 14.6. The number of carbonyl (C=O) groups excluding carboxylic acids is 2. The van der Waals surface area contributed by atoms with Gasteiger partial charge in [0.25, 0.3) is 16.6 Å². The van der Waals surface area contributed by atoms with E-state index in [-0.39, 0.29) is 21.2 Å². The molecule has 0 bridgehead atoms. The van der Waals surface area contributed by atoms with E-state index >= 15 is 0 Å². The summed E-state index contributed by atoms with van der Waals surface area (Å²) in [7, 11) is -4.05. The summed E-state index contributed by atoms with van der Waals surface area (Å²) in [5.41, 5.74) is 0.0275. The van der Waals surface area contributed by atoms with Crippen molar-refractivity contribution in [2.75, 3.05) is 11.9 Å². The molecule has 0 aliphatic rings. The minimum atomic E-state index is -4.05. The fourth-order valence-electron chi connectivity index (χ4n) is 1.96. The van der Waals surface area contributed by atoms with Gasteiger partial charge in [0, 0.05) is 16.2 Å². The molecule has 0 atom stereocenters. The Balaban J connectivity index is 2.09. The number of nitrogens with zero attached hydrogens (tertiary/aromatic N) is 1. The molecule has 2 amide bonds. The van der Waals surface area contributed by atoms with E-state index in [4.69, 9.17) is 11.6 Å². The van der Waals surface area contributed by atoms with E-state index in [1.807, 2.05) is 4.72 Å². The lowest BCUT2D eigenvalue weighted by molar-refractivity contribution is -0.465. The molecule has 2 N–H and O–H groups in total. The number of anilines is 1. The van der Waals surface area contributed by atoms with Gasteiger partial charge in [-0.1, -0.05) is 29.8 Å². The van der Waals surface area contributed by atoms with Crippen LogP contribution in [0.25, 0.3) is 0 Å². The highest BCUT2D eigenvalue weighted by molar-refractivity contribution is 7.90. The molecule has 0 saturated heterocycles. The van der Waals surface area contributed by atoms with Gasteiger partial charge in [0.05, 0.1) is 9.92 Å². The van der Waals surface area contributed by atoms with Crippen molar-refractivity contribution < 1.29 is 22.9 Å². The van der Waals surface area contributed by atoms with Gasteiger partial charge in [-0.05, 0) is 30.3 Å². The highest BCUT2D eigenvalue weighted by atomic mass is 35.5. The Bertz CT molecular complexity index is 963. The summed E-state index contributed by atoms with van der Waals surface area (Å²) in [6.07, 6.45) is 0.